The first-order valence-electron chi connectivity index (χ1n) is 5.73. The molecule has 4 unspecified atom stereocenters. The highest BCUT2D eigenvalue weighted by atomic mass is 16.6. The monoisotopic (exact) mass is 290 g/mol. The second-order valence-electron chi connectivity index (χ2n) is 4.53. The van der Waals surface area contributed by atoms with Gasteiger partial charge >= 0.3 is 5.97 Å². The van der Waals surface area contributed by atoms with Gasteiger partial charge < -0.3 is 20.1 Å². The molecule has 0 aliphatic heterocycles. The summed E-state index contributed by atoms with van der Waals surface area (Å²) < 4.78 is 4.61. The van der Waals surface area contributed by atoms with Gasteiger partial charge in [-0.2, -0.15) is 0 Å². The van der Waals surface area contributed by atoms with E-state index in [0.717, 1.165) is 27.7 Å². The number of Topliss-reactive ketones (excluding diaryl/α,β-unsaturated/α-hetero) is 2. The number of ketones is 2. The van der Waals surface area contributed by atoms with Crippen LogP contribution in [0.15, 0.2) is 0 Å². The second-order valence-corrected chi connectivity index (χ2v) is 4.53. The summed E-state index contributed by atoms with van der Waals surface area (Å²) in [6.45, 7) is 3.56. The van der Waals surface area contributed by atoms with Crippen LogP contribution in [0.25, 0.3) is 0 Å². The Balaban J connectivity index is 6.16. The lowest BCUT2D eigenvalue weighted by Crippen LogP contribution is -2.71. The Morgan fingerprint density at radius 1 is 1.10 bits per heavy atom. The first-order valence-corrected chi connectivity index (χ1v) is 5.73. The van der Waals surface area contributed by atoms with E-state index in [4.69, 9.17) is 0 Å². The van der Waals surface area contributed by atoms with Gasteiger partial charge in [0.25, 0.3) is 0 Å². The Bertz CT molecular complexity index is 429. The van der Waals surface area contributed by atoms with Crippen molar-refractivity contribution in [3.63, 3.8) is 0 Å². The fourth-order valence-electron chi connectivity index (χ4n) is 1.84. The zero-order valence-corrected chi connectivity index (χ0v) is 11.6. The molecule has 0 heterocycles. The molecular formula is C12H18O8. The van der Waals surface area contributed by atoms with Crippen molar-refractivity contribution in [3.05, 3.63) is 0 Å². The van der Waals surface area contributed by atoms with E-state index >= 15 is 0 Å². The summed E-state index contributed by atoms with van der Waals surface area (Å²) in [5.74, 6) is -3.43. The van der Waals surface area contributed by atoms with Crippen molar-refractivity contribution in [1.29, 1.82) is 0 Å². The Morgan fingerprint density at radius 3 is 1.75 bits per heavy atom. The van der Waals surface area contributed by atoms with Crippen LogP contribution in [0.5, 0.6) is 0 Å². The number of aliphatic hydroxyl groups is 3. The highest BCUT2D eigenvalue weighted by molar-refractivity contribution is 6.08. The molecule has 3 N–H and O–H groups in total. The van der Waals surface area contributed by atoms with Crippen LogP contribution in [0.1, 0.15) is 27.7 Å². The van der Waals surface area contributed by atoms with Gasteiger partial charge in [0.05, 0.1) is 6.10 Å². The minimum absolute atomic E-state index is 0.324. The lowest BCUT2D eigenvalue weighted by atomic mass is 9.73. The highest BCUT2D eigenvalue weighted by Gasteiger charge is 2.63. The molecule has 0 aliphatic carbocycles. The van der Waals surface area contributed by atoms with Crippen molar-refractivity contribution in [2.75, 3.05) is 0 Å². The third-order valence-electron chi connectivity index (χ3n) is 2.97. The molecule has 0 amide bonds. The van der Waals surface area contributed by atoms with Gasteiger partial charge in [0.1, 0.15) is 0 Å². The molecule has 8 heteroatoms. The van der Waals surface area contributed by atoms with Crippen molar-refractivity contribution in [2.24, 2.45) is 0 Å². The summed E-state index contributed by atoms with van der Waals surface area (Å²) in [6, 6.07) is 0. The molecule has 114 valence electrons. The number of aldehydes is 1. The molecule has 0 aromatic rings. The van der Waals surface area contributed by atoms with Gasteiger partial charge in [-0.3, -0.25) is 19.2 Å². The van der Waals surface area contributed by atoms with Gasteiger partial charge in [0.2, 0.25) is 11.2 Å². The minimum atomic E-state index is -3.14. The molecule has 0 radical (unpaired) electrons. The summed E-state index contributed by atoms with van der Waals surface area (Å²) >= 11 is 0. The topological polar surface area (TPSA) is 138 Å². The van der Waals surface area contributed by atoms with Crippen LogP contribution in [-0.2, 0) is 23.9 Å². The lowest BCUT2D eigenvalue weighted by Gasteiger charge is -2.41. The smallest absolute Gasteiger partial charge is 0.303 e. The highest BCUT2D eigenvalue weighted by Crippen LogP contribution is 2.31. The van der Waals surface area contributed by atoms with E-state index in [1.54, 1.807) is 0 Å². The summed E-state index contributed by atoms with van der Waals surface area (Å²) in [6.07, 6.45) is -3.94. The molecule has 0 spiro atoms. The number of hydrogen-bond acceptors (Lipinski definition) is 8. The normalized spacial score (nSPS) is 19.9. The molecule has 0 saturated heterocycles. The van der Waals surface area contributed by atoms with Gasteiger partial charge in [-0.15, -0.1) is 0 Å². The summed E-state index contributed by atoms with van der Waals surface area (Å²) in [5.41, 5.74) is -6.24. The molecule has 4 atom stereocenters. The molecule has 0 aliphatic rings. The quantitative estimate of drug-likeness (QED) is 0.282. The number of carbonyl (C=O) groups excluding carboxylic acids is 4. The number of carbonyl (C=O) groups is 4. The molecule has 0 bridgehead atoms. The molecule has 0 aromatic carbocycles. The largest absolute Gasteiger partial charge is 0.456 e. The van der Waals surface area contributed by atoms with E-state index in [1.165, 1.54) is 0 Å². The molecule has 0 fully saturated rings. The Kier molecular flexibility index (Phi) is 5.70. The average Bonchev–Trinajstić information content (AvgIpc) is 2.32. The first-order chi connectivity index (χ1) is 8.95. The maximum atomic E-state index is 11.7. The van der Waals surface area contributed by atoms with Crippen molar-refractivity contribution < 1.29 is 39.2 Å². The molecule has 20 heavy (non-hydrogen) atoms. The van der Waals surface area contributed by atoms with E-state index in [0.29, 0.717) is 0 Å². The van der Waals surface area contributed by atoms with Crippen LogP contribution in [0.3, 0.4) is 0 Å². The van der Waals surface area contributed by atoms with E-state index < -0.39 is 40.9 Å². The third-order valence-corrected chi connectivity index (χ3v) is 2.97. The number of ether oxygens (including phenoxy) is 1. The van der Waals surface area contributed by atoms with E-state index in [9.17, 15) is 34.5 Å². The minimum Gasteiger partial charge on any atom is -0.456 e. The molecule has 8 nitrogen and oxygen atoms in total. The summed E-state index contributed by atoms with van der Waals surface area (Å²) in [7, 11) is 0. The first kappa shape index (κ1) is 18.4. The SMILES string of the molecule is CC(=O)OC(C(C)O)C(O)(C(C)=O)C(O)(C=O)C(C)=O. The summed E-state index contributed by atoms with van der Waals surface area (Å²) in [5, 5.41) is 30.0. The standard InChI is InChI=1S/C12H18O8/c1-6(14)10(20-9(4)17)12(19,8(3)16)11(18,5-13)7(2)15/h5-6,10,14,18-19H,1-4H3. The predicted octanol–water partition coefficient (Wildman–Crippen LogP) is -1.86. The van der Waals surface area contributed by atoms with Crippen LogP contribution >= 0.6 is 0 Å². The predicted molar refractivity (Wildman–Crippen MR) is 64.6 cm³/mol. The van der Waals surface area contributed by atoms with Crippen molar-refractivity contribution in [1.82, 2.24) is 0 Å². The van der Waals surface area contributed by atoms with Crippen LogP contribution in [-0.4, -0.2) is 62.6 Å². The van der Waals surface area contributed by atoms with E-state index in [1.807, 2.05) is 0 Å². The Morgan fingerprint density at radius 2 is 1.55 bits per heavy atom. The second kappa shape index (κ2) is 6.21. The summed E-state index contributed by atoms with van der Waals surface area (Å²) in [4.78, 5) is 45.2. The zero-order chi connectivity index (χ0) is 16.3. The fraction of sp³-hybridized carbons (Fsp3) is 0.667. The molecule has 0 rings (SSSR count). The van der Waals surface area contributed by atoms with Gasteiger partial charge in [-0.05, 0) is 20.8 Å². The van der Waals surface area contributed by atoms with E-state index in [-0.39, 0.29) is 6.29 Å². The lowest BCUT2D eigenvalue weighted by molar-refractivity contribution is -0.218. The fourth-order valence-corrected chi connectivity index (χ4v) is 1.84. The van der Waals surface area contributed by atoms with Crippen LogP contribution in [0.2, 0.25) is 0 Å². The molecular weight excluding hydrogens is 272 g/mol. The van der Waals surface area contributed by atoms with Crippen LogP contribution in [0, 0.1) is 0 Å². The number of rotatable bonds is 7. The Hall–Kier alpha value is -1.64. The van der Waals surface area contributed by atoms with Crippen molar-refractivity contribution in [2.45, 2.75) is 51.1 Å². The number of hydrogen-bond donors (Lipinski definition) is 3. The van der Waals surface area contributed by atoms with Crippen molar-refractivity contribution >= 4 is 23.8 Å². The maximum Gasteiger partial charge on any atom is 0.303 e. The zero-order valence-electron chi connectivity index (χ0n) is 11.6. The molecule has 0 aromatic heterocycles. The number of esters is 1. The van der Waals surface area contributed by atoms with Gasteiger partial charge in [-0.1, -0.05) is 0 Å². The van der Waals surface area contributed by atoms with Gasteiger partial charge in [-0.25, -0.2) is 0 Å². The van der Waals surface area contributed by atoms with Crippen LogP contribution < -0.4 is 0 Å². The Labute approximate surface area is 115 Å². The van der Waals surface area contributed by atoms with Gasteiger partial charge in [0, 0.05) is 6.92 Å². The van der Waals surface area contributed by atoms with E-state index in [2.05, 4.69) is 4.74 Å². The maximum absolute atomic E-state index is 11.7. The molecule has 0 saturated carbocycles. The van der Waals surface area contributed by atoms with Crippen LogP contribution in [0.4, 0.5) is 0 Å². The number of aliphatic hydroxyl groups excluding tert-OH is 1. The van der Waals surface area contributed by atoms with Crippen molar-refractivity contribution in [3.8, 4) is 0 Å². The van der Waals surface area contributed by atoms with Gasteiger partial charge in [0.15, 0.2) is 24.0 Å². The third kappa shape index (κ3) is 2.92. The average molecular weight is 290 g/mol.